The van der Waals surface area contributed by atoms with Crippen molar-refractivity contribution in [3.05, 3.63) is 0 Å². The summed E-state index contributed by atoms with van der Waals surface area (Å²) in [5.74, 6) is 0. The summed E-state index contributed by atoms with van der Waals surface area (Å²) >= 11 is 0. The predicted molar refractivity (Wildman–Crippen MR) is 61.2 cm³/mol. The first kappa shape index (κ1) is 12.9. The van der Waals surface area contributed by atoms with Crippen LogP contribution in [0.4, 0.5) is 0 Å². The van der Waals surface area contributed by atoms with Crippen LogP contribution < -0.4 is 5.32 Å². The van der Waals surface area contributed by atoms with Gasteiger partial charge in [-0.15, -0.1) is 0 Å². The fourth-order valence-electron chi connectivity index (χ4n) is 1.96. The lowest BCUT2D eigenvalue weighted by Gasteiger charge is -2.32. The number of likely N-dealkylation sites (N-methyl/N-ethyl adjacent to an activating group) is 1. The molecule has 0 aliphatic carbocycles. The van der Waals surface area contributed by atoms with E-state index in [-0.39, 0.29) is 0 Å². The maximum Gasteiger partial charge on any atom is 0.0826 e. The second-order valence-electron chi connectivity index (χ2n) is 4.15. The van der Waals surface area contributed by atoms with Crippen molar-refractivity contribution in [1.82, 2.24) is 10.2 Å². The molecule has 0 bridgehead atoms. The summed E-state index contributed by atoms with van der Waals surface area (Å²) < 4.78 is 10.9. The molecule has 1 aliphatic rings. The largest absolute Gasteiger partial charge is 0.383 e. The quantitative estimate of drug-likeness (QED) is 0.694. The molecule has 90 valence electrons. The van der Waals surface area contributed by atoms with Gasteiger partial charge in [-0.25, -0.2) is 0 Å². The Bertz CT molecular complexity index is 161. The maximum absolute atomic E-state index is 5.68. The average Bonchev–Trinajstić information content (AvgIpc) is 2.27. The molecule has 2 atom stereocenters. The van der Waals surface area contributed by atoms with Gasteiger partial charge in [0.15, 0.2) is 0 Å². The zero-order valence-corrected chi connectivity index (χ0v) is 10.2. The molecule has 1 heterocycles. The van der Waals surface area contributed by atoms with E-state index in [2.05, 4.69) is 24.2 Å². The molecule has 1 saturated heterocycles. The highest BCUT2D eigenvalue weighted by Gasteiger charge is 2.19. The Kier molecular flexibility index (Phi) is 6.17. The van der Waals surface area contributed by atoms with Crippen LogP contribution in [0.1, 0.15) is 13.3 Å². The molecule has 4 nitrogen and oxygen atoms in total. The molecule has 2 unspecified atom stereocenters. The van der Waals surface area contributed by atoms with Crippen LogP contribution in [0.2, 0.25) is 0 Å². The van der Waals surface area contributed by atoms with E-state index in [0.29, 0.717) is 12.1 Å². The average molecular weight is 216 g/mol. The zero-order valence-electron chi connectivity index (χ0n) is 10.2. The summed E-state index contributed by atoms with van der Waals surface area (Å²) in [5.41, 5.74) is 0. The Morgan fingerprint density at radius 3 is 2.93 bits per heavy atom. The van der Waals surface area contributed by atoms with Crippen molar-refractivity contribution < 1.29 is 9.47 Å². The molecular formula is C11H24N2O2. The number of morpholine rings is 1. The standard InChI is InChI=1S/C11H24N2O2/c1-4-10(9-14-3)13(2)8-11-7-12-5-6-15-11/h10-12H,4-9H2,1-3H3. The van der Waals surface area contributed by atoms with Gasteiger partial charge in [-0.2, -0.15) is 0 Å². The van der Waals surface area contributed by atoms with Crippen LogP contribution in [-0.4, -0.2) is 64.1 Å². The summed E-state index contributed by atoms with van der Waals surface area (Å²) in [4.78, 5) is 2.33. The number of nitrogens with one attached hydrogen (secondary N) is 1. The van der Waals surface area contributed by atoms with E-state index in [1.165, 1.54) is 0 Å². The van der Waals surface area contributed by atoms with Gasteiger partial charge in [0.2, 0.25) is 0 Å². The lowest BCUT2D eigenvalue weighted by Crippen LogP contribution is -2.47. The molecule has 0 radical (unpaired) electrons. The lowest BCUT2D eigenvalue weighted by atomic mass is 10.2. The highest BCUT2D eigenvalue weighted by Crippen LogP contribution is 2.06. The molecular weight excluding hydrogens is 192 g/mol. The highest BCUT2D eigenvalue weighted by molar-refractivity contribution is 4.74. The van der Waals surface area contributed by atoms with E-state index in [4.69, 9.17) is 9.47 Å². The van der Waals surface area contributed by atoms with E-state index in [9.17, 15) is 0 Å². The summed E-state index contributed by atoms with van der Waals surface area (Å²) in [7, 11) is 3.90. The third-order valence-corrected chi connectivity index (χ3v) is 2.95. The zero-order chi connectivity index (χ0) is 11.1. The number of hydrogen-bond donors (Lipinski definition) is 1. The number of ether oxygens (including phenoxy) is 2. The van der Waals surface area contributed by atoms with Crippen LogP contribution in [-0.2, 0) is 9.47 Å². The van der Waals surface area contributed by atoms with E-state index in [0.717, 1.165) is 39.3 Å². The molecule has 0 amide bonds. The van der Waals surface area contributed by atoms with E-state index in [1.807, 2.05) is 0 Å². The van der Waals surface area contributed by atoms with Crippen molar-refractivity contribution in [2.45, 2.75) is 25.5 Å². The maximum atomic E-state index is 5.68. The van der Waals surface area contributed by atoms with Gasteiger partial charge in [-0.05, 0) is 13.5 Å². The van der Waals surface area contributed by atoms with Gasteiger partial charge in [0.05, 0.1) is 19.3 Å². The van der Waals surface area contributed by atoms with Gasteiger partial charge in [-0.1, -0.05) is 6.92 Å². The lowest BCUT2D eigenvalue weighted by molar-refractivity contribution is -0.00543. The first-order valence-electron chi connectivity index (χ1n) is 5.79. The summed E-state index contributed by atoms with van der Waals surface area (Å²) in [6, 6.07) is 0.500. The van der Waals surface area contributed by atoms with E-state index in [1.54, 1.807) is 7.11 Å². The van der Waals surface area contributed by atoms with Crippen molar-refractivity contribution in [2.24, 2.45) is 0 Å². The van der Waals surface area contributed by atoms with Crippen LogP contribution >= 0.6 is 0 Å². The second-order valence-corrected chi connectivity index (χ2v) is 4.15. The molecule has 1 N–H and O–H groups in total. The Morgan fingerprint density at radius 1 is 1.60 bits per heavy atom. The Balaban J connectivity index is 2.27. The molecule has 0 aromatic rings. The monoisotopic (exact) mass is 216 g/mol. The molecule has 0 spiro atoms. The van der Waals surface area contributed by atoms with Crippen LogP contribution in [0.3, 0.4) is 0 Å². The van der Waals surface area contributed by atoms with E-state index >= 15 is 0 Å². The molecule has 1 fully saturated rings. The van der Waals surface area contributed by atoms with Crippen LogP contribution in [0.25, 0.3) is 0 Å². The molecule has 1 rings (SSSR count). The smallest absolute Gasteiger partial charge is 0.0826 e. The molecule has 4 heteroatoms. The van der Waals surface area contributed by atoms with Crippen molar-refractivity contribution in [3.8, 4) is 0 Å². The van der Waals surface area contributed by atoms with Crippen molar-refractivity contribution in [2.75, 3.05) is 47.0 Å². The van der Waals surface area contributed by atoms with Crippen molar-refractivity contribution >= 4 is 0 Å². The van der Waals surface area contributed by atoms with Crippen molar-refractivity contribution in [1.29, 1.82) is 0 Å². The number of rotatable bonds is 6. The van der Waals surface area contributed by atoms with Crippen molar-refractivity contribution in [3.63, 3.8) is 0 Å². The third-order valence-electron chi connectivity index (χ3n) is 2.95. The van der Waals surface area contributed by atoms with Crippen LogP contribution in [0.5, 0.6) is 0 Å². The third kappa shape index (κ3) is 4.47. The highest BCUT2D eigenvalue weighted by atomic mass is 16.5. The minimum Gasteiger partial charge on any atom is -0.383 e. The van der Waals surface area contributed by atoms with Gasteiger partial charge >= 0.3 is 0 Å². The minimum atomic E-state index is 0.328. The van der Waals surface area contributed by atoms with Gasteiger partial charge < -0.3 is 14.8 Å². The summed E-state index contributed by atoms with van der Waals surface area (Å²) in [6.07, 6.45) is 1.44. The second kappa shape index (κ2) is 7.17. The van der Waals surface area contributed by atoms with Gasteiger partial charge in [0, 0.05) is 32.8 Å². The fourth-order valence-corrected chi connectivity index (χ4v) is 1.96. The van der Waals surface area contributed by atoms with E-state index < -0.39 is 0 Å². The molecule has 15 heavy (non-hydrogen) atoms. The Hall–Kier alpha value is -0.160. The molecule has 0 aromatic carbocycles. The van der Waals surface area contributed by atoms with Crippen LogP contribution in [0, 0.1) is 0 Å². The first-order valence-corrected chi connectivity index (χ1v) is 5.79. The first-order chi connectivity index (χ1) is 7.27. The Labute approximate surface area is 92.9 Å². The van der Waals surface area contributed by atoms with Gasteiger partial charge in [0.1, 0.15) is 0 Å². The number of hydrogen-bond acceptors (Lipinski definition) is 4. The summed E-state index contributed by atoms with van der Waals surface area (Å²) in [6.45, 7) is 6.75. The predicted octanol–water partition coefficient (Wildman–Crippen LogP) is 0.332. The molecule has 1 aliphatic heterocycles. The van der Waals surface area contributed by atoms with Gasteiger partial charge in [-0.3, -0.25) is 4.90 Å². The topological polar surface area (TPSA) is 33.7 Å². The van der Waals surface area contributed by atoms with Gasteiger partial charge in [0.25, 0.3) is 0 Å². The minimum absolute atomic E-state index is 0.328. The normalized spacial score (nSPS) is 24.4. The molecule has 0 aromatic heterocycles. The van der Waals surface area contributed by atoms with Crippen LogP contribution in [0.15, 0.2) is 0 Å². The molecule has 0 saturated carbocycles. The SMILES string of the molecule is CCC(COC)N(C)CC1CNCCO1. The fraction of sp³-hybridized carbons (Fsp3) is 1.00. The number of nitrogens with zero attached hydrogens (tertiary/aromatic N) is 1. The summed E-state index contributed by atoms with van der Waals surface area (Å²) in [5, 5.41) is 3.35. The Morgan fingerprint density at radius 2 is 2.40 bits per heavy atom. The number of methoxy groups -OCH3 is 1.